The summed E-state index contributed by atoms with van der Waals surface area (Å²) in [6.45, 7) is 5.35. The Labute approximate surface area is 137 Å². The molecule has 1 aromatic rings. The Kier molecular flexibility index (Phi) is 4.20. The molecule has 0 saturated heterocycles. The number of carbonyl (C=O) groups is 1. The molecule has 0 radical (unpaired) electrons. The van der Waals surface area contributed by atoms with Gasteiger partial charge in [0, 0.05) is 17.8 Å². The molecule has 1 aliphatic carbocycles. The number of carbonyl (C=O) groups excluding carboxylic acids is 1. The fourth-order valence-electron chi connectivity index (χ4n) is 3.35. The number of hydrogen-bond acceptors (Lipinski definition) is 4. The maximum atomic E-state index is 12.7. The number of fused-ring (bicyclic) bond motifs is 1. The van der Waals surface area contributed by atoms with Crippen LogP contribution < -0.4 is 10.0 Å². The Hall–Kier alpha value is -1.44. The molecule has 23 heavy (non-hydrogen) atoms. The summed E-state index contributed by atoms with van der Waals surface area (Å²) in [6, 6.07) is 5.35. The standard InChI is InChI=1S/C16H23N3O3S/c1-3-18(13-4-5-13)10-16(20)19-11(2)8-12-9-14(23(17,21)22)6-7-15(12)19/h6-7,9,11,13H,3-5,8,10H2,1-2H3,(H2,17,21,22)/t11-/m1/s1. The van der Waals surface area contributed by atoms with E-state index in [1.807, 2.05) is 6.92 Å². The first-order valence-electron chi connectivity index (χ1n) is 8.03. The Morgan fingerprint density at radius 3 is 2.65 bits per heavy atom. The summed E-state index contributed by atoms with van der Waals surface area (Å²) < 4.78 is 23.0. The molecule has 1 amide bonds. The average Bonchev–Trinajstić information content (AvgIpc) is 3.25. The number of rotatable bonds is 5. The average molecular weight is 337 g/mol. The number of primary sulfonamides is 1. The lowest BCUT2D eigenvalue weighted by Crippen LogP contribution is -2.43. The van der Waals surface area contributed by atoms with Crippen molar-refractivity contribution in [1.82, 2.24) is 4.90 Å². The third-order valence-corrected chi connectivity index (χ3v) is 5.58. The van der Waals surface area contributed by atoms with Gasteiger partial charge in [-0.2, -0.15) is 0 Å². The molecular formula is C16H23N3O3S. The minimum atomic E-state index is -3.72. The van der Waals surface area contributed by atoms with E-state index in [9.17, 15) is 13.2 Å². The van der Waals surface area contributed by atoms with Gasteiger partial charge in [-0.25, -0.2) is 13.6 Å². The van der Waals surface area contributed by atoms with E-state index in [4.69, 9.17) is 5.14 Å². The topological polar surface area (TPSA) is 83.7 Å². The molecule has 0 spiro atoms. The predicted molar refractivity (Wildman–Crippen MR) is 88.7 cm³/mol. The van der Waals surface area contributed by atoms with Crippen LogP contribution in [0.3, 0.4) is 0 Å². The number of anilines is 1. The Morgan fingerprint density at radius 1 is 1.39 bits per heavy atom. The van der Waals surface area contributed by atoms with Crippen molar-refractivity contribution in [3.05, 3.63) is 23.8 Å². The van der Waals surface area contributed by atoms with Crippen LogP contribution in [-0.4, -0.2) is 44.4 Å². The van der Waals surface area contributed by atoms with Gasteiger partial charge < -0.3 is 4.90 Å². The van der Waals surface area contributed by atoms with Crippen molar-refractivity contribution >= 4 is 21.6 Å². The largest absolute Gasteiger partial charge is 0.308 e. The molecule has 7 heteroatoms. The number of nitrogens with zero attached hydrogens (tertiary/aromatic N) is 2. The first-order chi connectivity index (χ1) is 10.8. The maximum absolute atomic E-state index is 12.7. The minimum absolute atomic E-state index is 0.0335. The molecule has 126 valence electrons. The lowest BCUT2D eigenvalue weighted by molar-refractivity contribution is -0.120. The van der Waals surface area contributed by atoms with Gasteiger partial charge in [0.25, 0.3) is 0 Å². The van der Waals surface area contributed by atoms with Crippen LogP contribution in [0.25, 0.3) is 0 Å². The molecule has 1 fully saturated rings. The molecule has 2 aliphatic rings. The van der Waals surface area contributed by atoms with Crippen molar-refractivity contribution in [2.24, 2.45) is 5.14 Å². The number of hydrogen-bond donors (Lipinski definition) is 1. The molecule has 0 bridgehead atoms. The zero-order valence-electron chi connectivity index (χ0n) is 13.5. The lowest BCUT2D eigenvalue weighted by atomic mass is 10.1. The van der Waals surface area contributed by atoms with E-state index in [0.717, 1.165) is 17.8 Å². The van der Waals surface area contributed by atoms with E-state index < -0.39 is 10.0 Å². The number of likely N-dealkylation sites (N-methyl/N-ethyl adjacent to an activating group) is 1. The highest BCUT2D eigenvalue weighted by atomic mass is 32.2. The van der Waals surface area contributed by atoms with Crippen LogP contribution in [-0.2, 0) is 21.2 Å². The highest BCUT2D eigenvalue weighted by molar-refractivity contribution is 7.89. The van der Waals surface area contributed by atoms with Gasteiger partial charge in [0.05, 0.1) is 11.4 Å². The summed E-state index contributed by atoms with van der Waals surface area (Å²) >= 11 is 0. The maximum Gasteiger partial charge on any atom is 0.241 e. The third-order valence-electron chi connectivity index (χ3n) is 4.67. The van der Waals surface area contributed by atoms with Gasteiger partial charge in [-0.1, -0.05) is 6.92 Å². The van der Waals surface area contributed by atoms with Crippen molar-refractivity contribution in [2.45, 2.75) is 50.1 Å². The van der Waals surface area contributed by atoms with E-state index in [2.05, 4.69) is 11.8 Å². The van der Waals surface area contributed by atoms with Gasteiger partial charge in [-0.05, 0) is 56.5 Å². The van der Waals surface area contributed by atoms with Crippen molar-refractivity contribution in [3.8, 4) is 0 Å². The Balaban J connectivity index is 1.83. The lowest BCUT2D eigenvalue weighted by Gasteiger charge is -2.27. The fraction of sp³-hybridized carbons (Fsp3) is 0.562. The Morgan fingerprint density at radius 2 is 2.09 bits per heavy atom. The number of benzene rings is 1. The van der Waals surface area contributed by atoms with E-state index in [-0.39, 0.29) is 16.8 Å². The summed E-state index contributed by atoms with van der Waals surface area (Å²) in [4.78, 5) is 16.9. The van der Waals surface area contributed by atoms with Crippen LogP contribution in [0.5, 0.6) is 0 Å². The molecule has 6 nitrogen and oxygen atoms in total. The van der Waals surface area contributed by atoms with Gasteiger partial charge in [0.1, 0.15) is 0 Å². The van der Waals surface area contributed by atoms with Crippen molar-refractivity contribution in [2.75, 3.05) is 18.0 Å². The van der Waals surface area contributed by atoms with Gasteiger partial charge >= 0.3 is 0 Å². The summed E-state index contributed by atoms with van der Waals surface area (Å²) in [5, 5.41) is 5.19. The summed E-state index contributed by atoms with van der Waals surface area (Å²) in [5.74, 6) is 0.0772. The van der Waals surface area contributed by atoms with Crippen molar-refractivity contribution in [1.29, 1.82) is 0 Å². The van der Waals surface area contributed by atoms with E-state index in [1.165, 1.54) is 18.9 Å². The van der Waals surface area contributed by atoms with Crippen molar-refractivity contribution in [3.63, 3.8) is 0 Å². The zero-order valence-corrected chi connectivity index (χ0v) is 14.3. The molecular weight excluding hydrogens is 314 g/mol. The molecule has 1 aliphatic heterocycles. The first-order valence-corrected chi connectivity index (χ1v) is 9.57. The second kappa shape index (κ2) is 5.89. The molecule has 1 aromatic carbocycles. The summed E-state index contributed by atoms with van der Waals surface area (Å²) in [5.41, 5.74) is 1.67. The molecule has 1 atom stereocenters. The van der Waals surface area contributed by atoms with Crippen LogP contribution in [0, 0.1) is 0 Å². The monoisotopic (exact) mass is 337 g/mol. The van der Waals surface area contributed by atoms with E-state index in [1.54, 1.807) is 17.0 Å². The minimum Gasteiger partial charge on any atom is -0.308 e. The quantitative estimate of drug-likeness (QED) is 0.872. The highest BCUT2D eigenvalue weighted by Crippen LogP contribution is 2.34. The van der Waals surface area contributed by atoms with Crippen LogP contribution in [0.2, 0.25) is 0 Å². The van der Waals surface area contributed by atoms with Crippen molar-refractivity contribution < 1.29 is 13.2 Å². The number of amides is 1. The van der Waals surface area contributed by atoms with Crippen LogP contribution in [0.1, 0.15) is 32.3 Å². The second-order valence-electron chi connectivity index (χ2n) is 6.45. The molecule has 1 saturated carbocycles. The van der Waals surface area contributed by atoms with Crippen LogP contribution >= 0.6 is 0 Å². The smallest absolute Gasteiger partial charge is 0.241 e. The van der Waals surface area contributed by atoms with Crippen LogP contribution in [0.15, 0.2) is 23.1 Å². The molecule has 2 N–H and O–H groups in total. The zero-order chi connectivity index (χ0) is 16.8. The first kappa shape index (κ1) is 16.4. The van der Waals surface area contributed by atoms with Gasteiger partial charge in [-0.3, -0.25) is 9.69 Å². The summed E-state index contributed by atoms with van der Waals surface area (Å²) in [7, 11) is -3.72. The van der Waals surface area contributed by atoms with Gasteiger partial charge in [-0.15, -0.1) is 0 Å². The number of nitrogens with two attached hydrogens (primary N) is 1. The highest BCUT2D eigenvalue weighted by Gasteiger charge is 2.35. The van der Waals surface area contributed by atoms with Gasteiger partial charge in [0.15, 0.2) is 0 Å². The molecule has 0 unspecified atom stereocenters. The van der Waals surface area contributed by atoms with Gasteiger partial charge in [0.2, 0.25) is 15.9 Å². The normalized spacial score (nSPS) is 20.9. The predicted octanol–water partition coefficient (Wildman–Crippen LogP) is 1.10. The molecule has 3 rings (SSSR count). The Bertz CT molecular complexity index is 728. The summed E-state index contributed by atoms with van der Waals surface area (Å²) in [6.07, 6.45) is 3.00. The van der Waals surface area contributed by atoms with E-state index in [0.29, 0.717) is 19.0 Å². The molecule has 0 aromatic heterocycles. The number of sulfonamides is 1. The molecule has 1 heterocycles. The van der Waals surface area contributed by atoms with Crippen LogP contribution in [0.4, 0.5) is 5.69 Å². The SMILES string of the molecule is CCN(CC(=O)N1c2ccc(S(N)(=O)=O)cc2C[C@H]1C)C1CC1. The second-order valence-corrected chi connectivity index (χ2v) is 8.01. The van der Waals surface area contributed by atoms with E-state index >= 15 is 0 Å². The fourth-order valence-corrected chi connectivity index (χ4v) is 3.92. The third kappa shape index (κ3) is 3.27.